The summed E-state index contributed by atoms with van der Waals surface area (Å²) in [5.41, 5.74) is 0. The first-order valence-corrected chi connectivity index (χ1v) is 8.31. The minimum absolute atomic E-state index is 0.00720. The van der Waals surface area contributed by atoms with E-state index in [1.54, 1.807) is 0 Å². The average molecular weight is 294 g/mol. The van der Waals surface area contributed by atoms with Gasteiger partial charge in [0, 0.05) is 19.1 Å². The first-order chi connectivity index (χ1) is 10.2. The molecule has 1 N–H and O–H groups in total. The number of carbonyl (C=O) groups is 2. The van der Waals surface area contributed by atoms with Gasteiger partial charge >= 0.3 is 5.97 Å². The SMILES string of the molecule is COC(=O)C1CCN(C(=O)C2CC3CCCCC3N2)CC1. The Hall–Kier alpha value is -1.10. The van der Waals surface area contributed by atoms with Gasteiger partial charge in [-0.1, -0.05) is 12.8 Å². The molecule has 0 radical (unpaired) electrons. The monoisotopic (exact) mass is 294 g/mol. The van der Waals surface area contributed by atoms with Crippen LogP contribution < -0.4 is 5.32 Å². The van der Waals surface area contributed by atoms with Crippen molar-refractivity contribution in [2.24, 2.45) is 11.8 Å². The van der Waals surface area contributed by atoms with Gasteiger partial charge in [-0.15, -0.1) is 0 Å². The Labute approximate surface area is 126 Å². The van der Waals surface area contributed by atoms with Crippen LogP contribution in [0.3, 0.4) is 0 Å². The maximum Gasteiger partial charge on any atom is 0.308 e. The summed E-state index contributed by atoms with van der Waals surface area (Å²) in [6.45, 7) is 1.37. The molecular weight excluding hydrogens is 268 g/mol. The minimum Gasteiger partial charge on any atom is -0.469 e. The predicted octanol–water partition coefficient (Wildman–Crippen LogP) is 1.32. The summed E-state index contributed by atoms with van der Waals surface area (Å²) in [6, 6.07) is 0.563. The fourth-order valence-corrected chi connectivity index (χ4v) is 4.23. The number of piperidine rings is 1. The van der Waals surface area contributed by atoms with E-state index in [0.717, 1.165) is 19.3 Å². The lowest BCUT2D eigenvalue weighted by molar-refractivity contribution is -0.149. The average Bonchev–Trinajstić information content (AvgIpc) is 2.97. The Morgan fingerprint density at radius 1 is 1.10 bits per heavy atom. The molecule has 5 nitrogen and oxygen atoms in total. The Morgan fingerprint density at radius 3 is 2.48 bits per heavy atom. The molecule has 2 saturated heterocycles. The van der Waals surface area contributed by atoms with Crippen LogP contribution >= 0.6 is 0 Å². The van der Waals surface area contributed by atoms with Crippen LogP contribution in [0.2, 0.25) is 0 Å². The summed E-state index contributed by atoms with van der Waals surface area (Å²) in [4.78, 5) is 26.1. The highest BCUT2D eigenvalue weighted by Gasteiger charge is 2.40. The van der Waals surface area contributed by atoms with Gasteiger partial charge in [-0.05, 0) is 38.0 Å². The van der Waals surface area contributed by atoms with Gasteiger partial charge in [-0.2, -0.15) is 0 Å². The van der Waals surface area contributed by atoms with Crippen LogP contribution in [-0.4, -0.2) is 49.1 Å². The molecule has 0 aromatic heterocycles. The van der Waals surface area contributed by atoms with E-state index in [2.05, 4.69) is 5.32 Å². The molecule has 3 atom stereocenters. The van der Waals surface area contributed by atoms with Crippen LogP contribution in [0.25, 0.3) is 0 Å². The summed E-state index contributed by atoms with van der Waals surface area (Å²) >= 11 is 0. The number of nitrogens with zero attached hydrogens (tertiary/aromatic N) is 1. The first-order valence-electron chi connectivity index (χ1n) is 8.31. The van der Waals surface area contributed by atoms with E-state index in [4.69, 9.17) is 4.74 Å². The smallest absolute Gasteiger partial charge is 0.308 e. The van der Waals surface area contributed by atoms with Gasteiger partial charge < -0.3 is 15.0 Å². The van der Waals surface area contributed by atoms with E-state index in [1.807, 2.05) is 4.90 Å². The number of methoxy groups -OCH3 is 1. The van der Waals surface area contributed by atoms with Crippen LogP contribution in [0.1, 0.15) is 44.9 Å². The van der Waals surface area contributed by atoms with Gasteiger partial charge in [-0.3, -0.25) is 9.59 Å². The van der Waals surface area contributed by atoms with Crippen molar-refractivity contribution in [3.63, 3.8) is 0 Å². The number of amides is 1. The molecule has 0 aromatic carbocycles. The molecule has 118 valence electrons. The standard InChI is InChI=1S/C16H26N2O3/c1-21-16(20)11-6-8-18(9-7-11)15(19)14-10-12-4-2-3-5-13(12)17-14/h11-14,17H,2-10H2,1H3. The van der Waals surface area contributed by atoms with Crippen LogP contribution in [0.4, 0.5) is 0 Å². The van der Waals surface area contributed by atoms with E-state index in [1.165, 1.54) is 32.8 Å². The molecule has 5 heteroatoms. The van der Waals surface area contributed by atoms with E-state index >= 15 is 0 Å². The number of nitrogens with one attached hydrogen (secondary N) is 1. The molecule has 3 rings (SSSR count). The molecule has 3 fully saturated rings. The Bertz CT molecular complexity index is 390. The molecule has 1 amide bonds. The number of ether oxygens (including phenoxy) is 1. The third kappa shape index (κ3) is 3.07. The first kappa shape index (κ1) is 14.8. The van der Waals surface area contributed by atoms with Gasteiger partial charge in [0.15, 0.2) is 0 Å². The summed E-state index contributed by atoms with van der Waals surface area (Å²) in [5.74, 6) is 0.776. The topological polar surface area (TPSA) is 58.6 Å². The highest BCUT2D eigenvalue weighted by atomic mass is 16.5. The summed E-state index contributed by atoms with van der Waals surface area (Å²) in [5, 5.41) is 3.55. The summed E-state index contributed by atoms with van der Waals surface area (Å²) in [6.07, 6.45) is 7.56. The second kappa shape index (κ2) is 6.34. The Morgan fingerprint density at radius 2 is 1.81 bits per heavy atom. The zero-order valence-corrected chi connectivity index (χ0v) is 12.8. The Balaban J connectivity index is 1.51. The van der Waals surface area contributed by atoms with Crippen molar-refractivity contribution in [2.45, 2.75) is 57.0 Å². The zero-order valence-electron chi connectivity index (χ0n) is 12.8. The van der Waals surface area contributed by atoms with Crippen molar-refractivity contribution in [3.8, 4) is 0 Å². The van der Waals surface area contributed by atoms with Gasteiger partial charge in [0.25, 0.3) is 0 Å². The lowest BCUT2D eigenvalue weighted by Crippen LogP contribution is -2.48. The lowest BCUT2D eigenvalue weighted by Gasteiger charge is -2.32. The van der Waals surface area contributed by atoms with Gasteiger partial charge in [0.2, 0.25) is 5.91 Å². The van der Waals surface area contributed by atoms with Crippen molar-refractivity contribution < 1.29 is 14.3 Å². The maximum atomic E-state index is 12.6. The van der Waals surface area contributed by atoms with Crippen molar-refractivity contribution >= 4 is 11.9 Å². The lowest BCUT2D eigenvalue weighted by atomic mass is 9.85. The van der Waals surface area contributed by atoms with Gasteiger partial charge in [-0.25, -0.2) is 0 Å². The molecule has 2 aliphatic heterocycles. The molecule has 2 heterocycles. The number of hydrogen-bond acceptors (Lipinski definition) is 4. The van der Waals surface area contributed by atoms with Crippen LogP contribution in [-0.2, 0) is 14.3 Å². The number of rotatable bonds is 2. The highest BCUT2D eigenvalue weighted by molar-refractivity contribution is 5.83. The van der Waals surface area contributed by atoms with E-state index < -0.39 is 0 Å². The molecular formula is C16H26N2O3. The molecule has 0 bridgehead atoms. The molecule has 3 unspecified atom stereocenters. The molecule has 1 saturated carbocycles. The third-order valence-corrected chi connectivity index (χ3v) is 5.50. The fraction of sp³-hybridized carbons (Fsp3) is 0.875. The number of likely N-dealkylation sites (tertiary alicyclic amines) is 1. The summed E-state index contributed by atoms with van der Waals surface area (Å²) in [7, 11) is 1.43. The number of esters is 1. The quantitative estimate of drug-likeness (QED) is 0.780. The Kier molecular flexibility index (Phi) is 4.48. The largest absolute Gasteiger partial charge is 0.469 e. The molecule has 21 heavy (non-hydrogen) atoms. The molecule has 3 aliphatic rings. The van der Waals surface area contributed by atoms with Crippen molar-refractivity contribution in [2.75, 3.05) is 20.2 Å². The van der Waals surface area contributed by atoms with E-state index in [9.17, 15) is 9.59 Å². The van der Waals surface area contributed by atoms with Crippen molar-refractivity contribution in [3.05, 3.63) is 0 Å². The van der Waals surface area contributed by atoms with Gasteiger partial charge in [0.05, 0.1) is 19.1 Å². The zero-order chi connectivity index (χ0) is 14.8. The minimum atomic E-state index is -0.132. The summed E-state index contributed by atoms with van der Waals surface area (Å²) < 4.78 is 4.79. The van der Waals surface area contributed by atoms with Crippen molar-refractivity contribution in [1.29, 1.82) is 0 Å². The second-order valence-corrected chi connectivity index (χ2v) is 6.73. The van der Waals surface area contributed by atoms with Crippen LogP contribution in [0.5, 0.6) is 0 Å². The number of carbonyl (C=O) groups excluding carboxylic acids is 2. The second-order valence-electron chi connectivity index (χ2n) is 6.73. The number of hydrogen-bond donors (Lipinski definition) is 1. The third-order valence-electron chi connectivity index (χ3n) is 5.50. The van der Waals surface area contributed by atoms with E-state index in [-0.39, 0.29) is 23.8 Å². The van der Waals surface area contributed by atoms with E-state index in [0.29, 0.717) is 25.0 Å². The van der Waals surface area contributed by atoms with Crippen LogP contribution in [0.15, 0.2) is 0 Å². The normalized spacial score (nSPS) is 33.6. The van der Waals surface area contributed by atoms with Crippen LogP contribution in [0, 0.1) is 11.8 Å². The molecule has 0 spiro atoms. The predicted molar refractivity (Wildman–Crippen MR) is 78.6 cm³/mol. The maximum absolute atomic E-state index is 12.6. The van der Waals surface area contributed by atoms with Gasteiger partial charge in [0.1, 0.15) is 0 Å². The molecule has 1 aliphatic carbocycles. The highest BCUT2D eigenvalue weighted by Crippen LogP contribution is 2.34. The fourth-order valence-electron chi connectivity index (χ4n) is 4.23. The molecule has 0 aromatic rings. The number of fused-ring (bicyclic) bond motifs is 1. The van der Waals surface area contributed by atoms with Crippen molar-refractivity contribution in [1.82, 2.24) is 10.2 Å².